The Labute approximate surface area is 161 Å². The maximum atomic E-state index is 10.6. The highest BCUT2D eigenvalue weighted by Gasteiger charge is 2.14. The number of benzene rings is 2. The Balaban J connectivity index is 1.94. The molecule has 1 atom stereocenters. The van der Waals surface area contributed by atoms with Crippen LogP contribution >= 0.6 is 11.8 Å². The van der Waals surface area contributed by atoms with Gasteiger partial charge in [-0.3, -0.25) is 4.98 Å². The quantitative estimate of drug-likeness (QED) is 0.463. The van der Waals surface area contributed by atoms with E-state index >= 15 is 0 Å². The molecule has 0 aliphatic heterocycles. The third-order valence-corrected chi connectivity index (χ3v) is 4.95. The number of hydrogen-bond acceptors (Lipinski definition) is 6. The number of allylic oxidation sites excluding steroid dienone is 1. The molecule has 0 fully saturated rings. The smallest absolute Gasteiger partial charge is 0.129 e. The van der Waals surface area contributed by atoms with Gasteiger partial charge < -0.3 is 15.9 Å². The van der Waals surface area contributed by atoms with Crippen molar-refractivity contribution in [2.75, 3.05) is 0 Å². The lowest BCUT2D eigenvalue weighted by atomic mass is 9.98. The van der Waals surface area contributed by atoms with Crippen LogP contribution in [0.25, 0.3) is 5.57 Å². The van der Waals surface area contributed by atoms with Gasteiger partial charge in [-0.2, -0.15) is 5.26 Å². The molecule has 0 saturated heterocycles. The summed E-state index contributed by atoms with van der Waals surface area (Å²) in [6.07, 6.45) is 2.40. The van der Waals surface area contributed by atoms with E-state index < -0.39 is 6.10 Å². The SMILES string of the molecule is N#C/C(=C(\N)Sc1ccccc1O)c1cccc(C(O)c2ccncc2)c1. The van der Waals surface area contributed by atoms with Crippen LogP contribution in [0, 0.1) is 11.3 Å². The first-order chi connectivity index (χ1) is 13.1. The molecule has 4 N–H and O–H groups in total. The number of phenols is 1. The van der Waals surface area contributed by atoms with Crippen molar-refractivity contribution in [2.24, 2.45) is 5.73 Å². The van der Waals surface area contributed by atoms with E-state index in [4.69, 9.17) is 5.73 Å². The zero-order valence-corrected chi connectivity index (χ0v) is 15.1. The third kappa shape index (κ3) is 4.29. The molecule has 0 amide bonds. The summed E-state index contributed by atoms with van der Waals surface area (Å²) in [6.45, 7) is 0. The van der Waals surface area contributed by atoms with Crippen molar-refractivity contribution in [3.8, 4) is 11.8 Å². The van der Waals surface area contributed by atoms with Gasteiger partial charge in [-0.1, -0.05) is 42.1 Å². The largest absolute Gasteiger partial charge is 0.507 e. The normalized spacial score (nSPS) is 12.7. The number of thioether (sulfide) groups is 1. The molecule has 1 heterocycles. The van der Waals surface area contributed by atoms with Crippen LogP contribution < -0.4 is 5.73 Å². The van der Waals surface area contributed by atoms with Crippen molar-refractivity contribution in [1.82, 2.24) is 4.98 Å². The van der Waals surface area contributed by atoms with Crippen molar-refractivity contribution in [1.29, 1.82) is 5.26 Å². The third-order valence-electron chi connectivity index (χ3n) is 3.96. The van der Waals surface area contributed by atoms with Crippen molar-refractivity contribution >= 4 is 17.3 Å². The lowest BCUT2D eigenvalue weighted by molar-refractivity contribution is 0.220. The summed E-state index contributed by atoms with van der Waals surface area (Å²) in [5.41, 5.74) is 8.38. The molecule has 2 aromatic carbocycles. The average molecular weight is 375 g/mol. The fourth-order valence-corrected chi connectivity index (χ4v) is 3.40. The molecule has 0 aliphatic carbocycles. The summed E-state index contributed by atoms with van der Waals surface area (Å²) in [5, 5.41) is 30.4. The highest BCUT2D eigenvalue weighted by molar-refractivity contribution is 8.03. The minimum Gasteiger partial charge on any atom is -0.507 e. The minimum absolute atomic E-state index is 0.101. The average Bonchev–Trinajstić information content (AvgIpc) is 2.70. The first kappa shape index (κ1) is 18.5. The number of phenolic OH excluding ortho intramolecular Hbond substituents is 1. The molecular weight excluding hydrogens is 358 g/mol. The van der Waals surface area contributed by atoms with Crippen LogP contribution in [0.15, 0.2) is 83.0 Å². The number of aliphatic hydroxyl groups is 1. The van der Waals surface area contributed by atoms with E-state index in [2.05, 4.69) is 11.1 Å². The minimum atomic E-state index is -0.833. The molecule has 3 rings (SSSR count). The van der Waals surface area contributed by atoms with E-state index in [0.29, 0.717) is 21.6 Å². The Kier molecular flexibility index (Phi) is 5.77. The summed E-state index contributed by atoms with van der Waals surface area (Å²) in [5.74, 6) is 0.101. The molecule has 1 unspecified atom stereocenters. The van der Waals surface area contributed by atoms with Gasteiger partial charge in [0.1, 0.15) is 17.9 Å². The fraction of sp³-hybridized carbons (Fsp3) is 0.0476. The lowest BCUT2D eigenvalue weighted by Gasteiger charge is -2.13. The van der Waals surface area contributed by atoms with Gasteiger partial charge in [0.05, 0.1) is 15.5 Å². The molecule has 1 aromatic heterocycles. The highest BCUT2D eigenvalue weighted by atomic mass is 32.2. The van der Waals surface area contributed by atoms with Gasteiger partial charge in [0.25, 0.3) is 0 Å². The summed E-state index contributed by atoms with van der Waals surface area (Å²) < 4.78 is 0. The predicted molar refractivity (Wildman–Crippen MR) is 105 cm³/mol. The van der Waals surface area contributed by atoms with E-state index in [-0.39, 0.29) is 16.4 Å². The van der Waals surface area contributed by atoms with Gasteiger partial charge in [0.15, 0.2) is 0 Å². The van der Waals surface area contributed by atoms with Crippen LogP contribution in [0.2, 0.25) is 0 Å². The van der Waals surface area contributed by atoms with Crippen molar-refractivity contribution in [3.05, 3.63) is 94.8 Å². The van der Waals surface area contributed by atoms with E-state index in [1.165, 1.54) is 0 Å². The molecule has 0 saturated carbocycles. The summed E-state index contributed by atoms with van der Waals surface area (Å²) in [7, 11) is 0. The molecule has 0 radical (unpaired) electrons. The molecule has 0 aliphatic rings. The van der Waals surface area contributed by atoms with E-state index in [9.17, 15) is 15.5 Å². The maximum absolute atomic E-state index is 10.6. The Morgan fingerprint density at radius 3 is 2.48 bits per heavy atom. The summed E-state index contributed by atoms with van der Waals surface area (Å²) in [4.78, 5) is 4.51. The number of nitrogens with two attached hydrogens (primary N) is 1. The van der Waals surface area contributed by atoms with Gasteiger partial charge in [-0.05, 0) is 47.0 Å². The number of para-hydroxylation sites is 1. The molecule has 6 heteroatoms. The monoisotopic (exact) mass is 375 g/mol. The number of aliphatic hydroxyl groups excluding tert-OH is 1. The Hall–Kier alpha value is -3.27. The van der Waals surface area contributed by atoms with Gasteiger partial charge in [0, 0.05) is 12.4 Å². The van der Waals surface area contributed by atoms with Gasteiger partial charge in [-0.25, -0.2) is 0 Å². The van der Waals surface area contributed by atoms with Crippen LogP contribution in [0.5, 0.6) is 5.75 Å². The predicted octanol–water partition coefficient (Wildman–Crippen LogP) is 3.81. The highest BCUT2D eigenvalue weighted by Crippen LogP contribution is 2.35. The molecule has 0 spiro atoms. The van der Waals surface area contributed by atoms with Crippen LogP contribution in [-0.2, 0) is 0 Å². The number of nitriles is 1. The second-order valence-corrected chi connectivity index (χ2v) is 6.81. The molecule has 0 bridgehead atoms. The Morgan fingerprint density at radius 2 is 1.78 bits per heavy atom. The van der Waals surface area contributed by atoms with Crippen molar-refractivity contribution in [2.45, 2.75) is 11.0 Å². The second kappa shape index (κ2) is 8.41. The van der Waals surface area contributed by atoms with Crippen LogP contribution in [-0.4, -0.2) is 15.2 Å². The first-order valence-corrected chi connectivity index (χ1v) is 8.96. The zero-order valence-electron chi connectivity index (χ0n) is 14.3. The molecule has 27 heavy (non-hydrogen) atoms. The van der Waals surface area contributed by atoms with Crippen LogP contribution in [0.4, 0.5) is 0 Å². The first-order valence-electron chi connectivity index (χ1n) is 8.14. The number of hydrogen-bond donors (Lipinski definition) is 3. The summed E-state index contributed by atoms with van der Waals surface area (Å²) in [6, 6.07) is 19.4. The number of aromatic hydroxyl groups is 1. The Morgan fingerprint density at radius 1 is 1.04 bits per heavy atom. The maximum Gasteiger partial charge on any atom is 0.129 e. The van der Waals surface area contributed by atoms with Crippen LogP contribution in [0.1, 0.15) is 22.8 Å². The second-order valence-electron chi connectivity index (χ2n) is 5.73. The number of rotatable bonds is 5. The summed E-state index contributed by atoms with van der Waals surface area (Å²) >= 11 is 1.12. The van der Waals surface area contributed by atoms with Gasteiger partial charge in [-0.15, -0.1) is 0 Å². The number of nitrogens with zero attached hydrogens (tertiary/aromatic N) is 2. The van der Waals surface area contributed by atoms with Crippen molar-refractivity contribution in [3.63, 3.8) is 0 Å². The fourth-order valence-electron chi connectivity index (χ4n) is 2.58. The van der Waals surface area contributed by atoms with Gasteiger partial charge >= 0.3 is 0 Å². The molecular formula is C21H17N3O2S. The zero-order chi connectivity index (χ0) is 19.2. The van der Waals surface area contributed by atoms with E-state index in [0.717, 1.165) is 11.8 Å². The molecule has 134 valence electrons. The Bertz CT molecular complexity index is 1010. The topological polar surface area (TPSA) is 103 Å². The molecule has 3 aromatic rings. The van der Waals surface area contributed by atoms with E-state index in [1.807, 2.05) is 0 Å². The lowest BCUT2D eigenvalue weighted by Crippen LogP contribution is -2.02. The standard InChI is InChI=1S/C21H17N3O2S/c22-13-17(21(23)27-19-7-2-1-6-18(19)25)15-4-3-5-16(12-15)20(26)14-8-10-24-11-9-14/h1-12,20,25-26H,23H2/b21-17-. The van der Waals surface area contributed by atoms with Gasteiger partial charge in [0.2, 0.25) is 0 Å². The van der Waals surface area contributed by atoms with Crippen LogP contribution in [0.3, 0.4) is 0 Å². The van der Waals surface area contributed by atoms with E-state index in [1.54, 1.807) is 73.1 Å². The molecule has 5 nitrogen and oxygen atoms in total. The van der Waals surface area contributed by atoms with Crippen molar-refractivity contribution < 1.29 is 10.2 Å². The number of pyridine rings is 1. The number of aromatic nitrogens is 1.